The van der Waals surface area contributed by atoms with Crippen LogP contribution in [0.2, 0.25) is 0 Å². The zero-order chi connectivity index (χ0) is 17.9. The van der Waals surface area contributed by atoms with Crippen LogP contribution in [0.1, 0.15) is 61.4 Å². The highest BCUT2D eigenvalue weighted by atomic mass is 19.1. The van der Waals surface area contributed by atoms with Gasteiger partial charge in [0.2, 0.25) is 0 Å². The normalized spacial score (nSPS) is 11.6. The number of rotatable bonds is 6. The largest absolute Gasteiger partial charge is 0.347 e. The molecule has 1 aromatic carbocycles. The first-order valence-electron chi connectivity index (χ1n) is 8.39. The summed E-state index contributed by atoms with van der Waals surface area (Å²) in [6, 6.07) is 8.18. The van der Waals surface area contributed by atoms with Crippen molar-refractivity contribution >= 4 is 5.91 Å². The maximum Gasteiger partial charge on any atom is 0.272 e. The van der Waals surface area contributed by atoms with Gasteiger partial charge in [-0.05, 0) is 29.4 Å². The monoisotopic (exact) mass is 331 g/mol. The Bertz CT molecular complexity index is 717. The lowest BCUT2D eigenvalue weighted by Gasteiger charge is -2.23. The van der Waals surface area contributed by atoms with E-state index in [0.717, 1.165) is 12.0 Å². The van der Waals surface area contributed by atoms with Crippen LogP contribution in [0.3, 0.4) is 0 Å². The lowest BCUT2D eigenvalue weighted by molar-refractivity contribution is 0.0937. The first-order valence-corrected chi connectivity index (χ1v) is 8.39. The third kappa shape index (κ3) is 3.66. The maximum atomic E-state index is 14.1. The molecule has 1 aromatic heterocycles. The molecule has 0 saturated carbocycles. The van der Waals surface area contributed by atoms with Crippen molar-refractivity contribution in [2.75, 3.05) is 0 Å². The van der Waals surface area contributed by atoms with Crippen LogP contribution in [0.15, 0.2) is 24.3 Å². The van der Waals surface area contributed by atoms with E-state index in [-0.39, 0.29) is 11.1 Å². The predicted octanol–water partition coefficient (Wildman–Crippen LogP) is 3.74. The molecule has 1 heterocycles. The van der Waals surface area contributed by atoms with Crippen LogP contribution < -0.4 is 5.32 Å². The standard InChI is InChI=1S/C19H26FN3O/c1-6-15-16(20)17(23(5)22-15)18(24)21-12-13-8-10-14(11-9-13)19(3,4)7-2/h8-11H,6-7,12H2,1-5H3,(H,21,24). The molecule has 0 aliphatic carbocycles. The molecule has 0 unspecified atom stereocenters. The summed E-state index contributed by atoms with van der Waals surface area (Å²) in [5.74, 6) is -0.974. The third-order valence-corrected chi connectivity index (χ3v) is 4.68. The minimum atomic E-state index is -0.530. The molecular formula is C19H26FN3O. The Kier molecular flexibility index (Phi) is 5.42. The van der Waals surface area contributed by atoms with Crippen molar-refractivity contribution in [3.63, 3.8) is 0 Å². The molecule has 1 amide bonds. The van der Waals surface area contributed by atoms with Crippen LogP contribution in [-0.4, -0.2) is 15.7 Å². The number of carbonyl (C=O) groups excluding carboxylic acids is 1. The molecule has 0 fully saturated rings. The van der Waals surface area contributed by atoms with E-state index in [9.17, 15) is 9.18 Å². The van der Waals surface area contributed by atoms with E-state index < -0.39 is 11.7 Å². The molecule has 5 heteroatoms. The summed E-state index contributed by atoms with van der Waals surface area (Å²) in [5, 5.41) is 6.80. The second-order valence-electron chi connectivity index (χ2n) is 6.70. The number of benzene rings is 1. The SMILES string of the molecule is CCc1nn(C)c(C(=O)NCc2ccc(C(C)(C)CC)cc2)c1F. The van der Waals surface area contributed by atoms with E-state index in [4.69, 9.17) is 0 Å². The number of hydrogen-bond acceptors (Lipinski definition) is 2. The summed E-state index contributed by atoms with van der Waals surface area (Å²) in [6.07, 6.45) is 1.52. The van der Waals surface area contributed by atoms with Crippen molar-refractivity contribution in [3.8, 4) is 0 Å². The van der Waals surface area contributed by atoms with Gasteiger partial charge < -0.3 is 5.32 Å². The maximum absolute atomic E-state index is 14.1. The van der Waals surface area contributed by atoms with Crippen LogP contribution in [0.5, 0.6) is 0 Å². The van der Waals surface area contributed by atoms with Gasteiger partial charge in [0.05, 0.1) is 5.69 Å². The predicted molar refractivity (Wildman–Crippen MR) is 93.5 cm³/mol. The van der Waals surface area contributed by atoms with E-state index in [1.807, 2.05) is 19.1 Å². The fourth-order valence-corrected chi connectivity index (χ4v) is 2.57. The van der Waals surface area contributed by atoms with Gasteiger partial charge in [0.15, 0.2) is 11.5 Å². The molecule has 0 radical (unpaired) electrons. The third-order valence-electron chi connectivity index (χ3n) is 4.68. The van der Waals surface area contributed by atoms with Crippen molar-refractivity contribution < 1.29 is 9.18 Å². The molecule has 0 aliphatic heterocycles. The molecule has 2 rings (SSSR count). The molecule has 0 atom stereocenters. The quantitative estimate of drug-likeness (QED) is 0.876. The molecule has 0 bridgehead atoms. The molecule has 130 valence electrons. The smallest absolute Gasteiger partial charge is 0.272 e. The van der Waals surface area contributed by atoms with Gasteiger partial charge in [-0.1, -0.05) is 52.0 Å². The Morgan fingerprint density at radius 3 is 2.38 bits per heavy atom. The molecule has 0 spiro atoms. The average molecular weight is 331 g/mol. The van der Waals surface area contributed by atoms with Gasteiger partial charge in [0.1, 0.15) is 0 Å². The second kappa shape index (κ2) is 7.16. The average Bonchev–Trinajstić information content (AvgIpc) is 2.87. The van der Waals surface area contributed by atoms with E-state index in [0.29, 0.717) is 18.7 Å². The van der Waals surface area contributed by atoms with Crippen molar-refractivity contribution in [1.82, 2.24) is 15.1 Å². The summed E-state index contributed by atoms with van der Waals surface area (Å²) in [6.45, 7) is 8.76. The first kappa shape index (κ1) is 18.2. The lowest BCUT2D eigenvalue weighted by Crippen LogP contribution is -2.26. The number of carbonyl (C=O) groups is 1. The van der Waals surface area contributed by atoms with E-state index in [1.54, 1.807) is 7.05 Å². The van der Waals surface area contributed by atoms with Gasteiger partial charge in [-0.2, -0.15) is 5.10 Å². The molecule has 2 aromatic rings. The highest BCUT2D eigenvalue weighted by molar-refractivity contribution is 5.92. The Hall–Kier alpha value is -2.17. The van der Waals surface area contributed by atoms with Crippen LogP contribution in [-0.2, 0) is 25.4 Å². The van der Waals surface area contributed by atoms with Crippen LogP contribution in [0.4, 0.5) is 4.39 Å². The summed E-state index contributed by atoms with van der Waals surface area (Å²) >= 11 is 0. The van der Waals surface area contributed by atoms with E-state index in [1.165, 1.54) is 10.2 Å². The molecule has 1 N–H and O–H groups in total. The van der Waals surface area contributed by atoms with Crippen molar-refractivity contribution in [2.24, 2.45) is 7.05 Å². The summed E-state index contributed by atoms with van der Waals surface area (Å²) in [4.78, 5) is 12.2. The topological polar surface area (TPSA) is 46.9 Å². The van der Waals surface area contributed by atoms with Crippen LogP contribution in [0, 0.1) is 5.82 Å². The highest BCUT2D eigenvalue weighted by Crippen LogP contribution is 2.26. The summed E-state index contributed by atoms with van der Waals surface area (Å²) in [7, 11) is 1.58. The first-order chi connectivity index (χ1) is 11.3. The molecule has 4 nitrogen and oxygen atoms in total. The second-order valence-corrected chi connectivity index (χ2v) is 6.70. The van der Waals surface area contributed by atoms with Crippen molar-refractivity contribution in [3.05, 3.63) is 52.6 Å². The zero-order valence-electron chi connectivity index (χ0n) is 15.1. The molecule has 0 saturated heterocycles. The van der Waals surface area contributed by atoms with E-state index >= 15 is 0 Å². The number of nitrogens with one attached hydrogen (secondary N) is 1. The Labute approximate surface area is 143 Å². The lowest BCUT2D eigenvalue weighted by atomic mass is 9.82. The van der Waals surface area contributed by atoms with Gasteiger partial charge >= 0.3 is 0 Å². The Morgan fingerprint density at radius 1 is 1.25 bits per heavy atom. The fraction of sp³-hybridized carbons (Fsp3) is 0.474. The Balaban J connectivity index is 2.06. The minimum absolute atomic E-state index is 0.0180. The molecule has 0 aliphatic rings. The molecular weight excluding hydrogens is 305 g/mol. The molecule has 24 heavy (non-hydrogen) atoms. The number of halogens is 1. The van der Waals surface area contributed by atoms with Crippen molar-refractivity contribution in [1.29, 1.82) is 0 Å². The number of hydrogen-bond donors (Lipinski definition) is 1. The van der Waals surface area contributed by atoms with Crippen LogP contribution >= 0.6 is 0 Å². The zero-order valence-corrected chi connectivity index (χ0v) is 15.1. The summed E-state index contributed by atoms with van der Waals surface area (Å²) in [5.41, 5.74) is 2.68. The van der Waals surface area contributed by atoms with Crippen molar-refractivity contribution in [2.45, 2.75) is 52.5 Å². The van der Waals surface area contributed by atoms with Gasteiger partial charge in [-0.3, -0.25) is 9.48 Å². The minimum Gasteiger partial charge on any atom is -0.347 e. The number of aryl methyl sites for hydroxylation is 2. The Morgan fingerprint density at radius 2 is 1.88 bits per heavy atom. The van der Waals surface area contributed by atoms with Gasteiger partial charge in [0.25, 0.3) is 5.91 Å². The number of aromatic nitrogens is 2. The summed E-state index contributed by atoms with van der Waals surface area (Å²) < 4.78 is 15.5. The van der Waals surface area contributed by atoms with Gasteiger partial charge in [0, 0.05) is 13.6 Å². The van der Waals surface area contributed by atoms with Crippen LogP contribution in [0.25, 0.3) is 0 Å². The van der Waals surface area contributed by atoms with Gasteiger partial charge in [-0.15, -0.1) is 0 Å². The fourth-order valence-electron chi connectivity index (χ4n) is 2.57. The van der Waals surface area contributed by atoms with E-state index in [2.05, 4.69) is 43.3 Å². The number of amides is 1. The van der Waals surface area contributed by atoms with Gasteiger partial charge in [-0.25, -0.2) is 4.39 Å². The number of nitrogens with zero attached hydrogens (tertiary/aromatic N) is 2. The highest BCUT2D eigenvalue weighted by Gasteiger charge is 2.21.